The molecule has 0 aromatic heterocycles. The maximum absolute atomic E-state index is 12.5. The van der Waals surface area contributed by atoms with Gasteiger partial charge < -0.3 is 9.47 Å². The van der Waals surface area contributed by atoms with Gasteiger partial charge >= 0.3 is 0 Å². The number of ketones is 1. The van der Waals surface area contributed by atoms with Gasteiger partial charge in [0.1, 0.15) is 11.5 Å². The predicted octanol–water partition coefficient (Wildman–Crippen LogP) is 5.62. The Morgan fingerprint density at radius 3 is 2.33 bits per heavy atom. The molecule has 0 fully saturated rings. The van der Waals surface area contributed by atoms with Crippen molar-refractivity contribution >= 4 is 28.9 Å². The van der Waals surface area contributed by atoms with Crippen molar-refractivity contribution in [2.75, 3.05) is 13.2 Å². The van der Waals surface area contributed by atoms with E-state index >= 15 is 0 Å². The summed E-state index contributed by atoms with van der Waals surface area (Å²) in [4.78, 5) is 13.3. The first kappa shape index (κ1) is 21.1. The minimum absolute atomic E-state index is 0.0395. The molecule has 1 aliphatic carbocycles. The van der Waals surface area contributed by atoms with Gasteiger partial charge in [0.25, 0.3) is 0 Å². The fraction of sp³-hybridized carbons (Fsp3) is 0.391. The molecule has 0 bridgehead atoms. The van der Waals surface area contributed by atoms with Gasteiger partial charge in [-0.25, -0.2) is 0 Å². The van der Waals surface area contributed by atoms with Gasteiger partial charge in [-0.2, -0.15) is 0 Å². The molecule has 27 heavy (non-hydrogen) atoms. The zero-order valence-corrected chi connectivity index (χ0v) is 17.6. The van der Waals surface area contributed by atoms with Crippen LogP contribution >= 0.6 is 12.2 Å². The Balaban J connectivity index is 2.40. The van der Waals surface area contributed by atoms with Crippen molar-refractivity contribution in [3.63, 3.8) is 0 Å². The SMILES string of the molecule is CCOc1cc(OCC)c(C(C)(C)C)cc1C=CC(=O)C1=CCC(=S)C=C1. The van der Waals surface area contributed by atoms with Crippen molar-refractivity contribution in [3.05, 3.63) is 53.1 Å². The molecule has 0 spiro atoms. The molecule has 4 heteroatoms. The zero-order chi connectivity index (χ0) is 20.0. The molecule has 0 atom stereocenters. The number of hydrogen-bond donors (Lipinski definition) is 0. The number of hydrogen-bond acceptors (Lipinski definition) is 4. The summed E-state index contributed by atoms with van der Waals surface area (Å²) < 4.78 is 11.6. The molecule has 2 rings (SSSR count). The van der Waals surface area contributed by atoms with E-state index in [1.54, 1.807) is 12.2 Å². The van der Waals surface area contributed by atoms with Crippen LogP contribution in [-0.4, -0.2) is 23.9 Å². The van der Waals surface area contributed by atoms with Crippen molar-refractivity contribution in [2.24, 2.45) is 0 Å². The molecule has 0 radical (unpaired) electrons. The van der Waals surface area contributed by atoms with Crippen LogP contribution in [0.3, 0.4) is 0 Å². The van der Waals surface area contributed by atoms with Gasteiger partial charge in [0, 0.05) is 34.1 Å². The van der Waals surface area contributed by atoms with Crippen molar-refractivity contribution in [2.45, 2.75) is 46.5 Å². The molecule has 0 heterocycles. The molecule has 0 amide bonds. The number of ether oxygens (including phenoxy) is 2. The topological polar surface area (TPSA) is 35.5 Å². The van der Waals surface area contributed by atoms with Gasteiger partial charge in [0.05, 0.1) is 13.2 Å². The molecule has 3 nitrogen and oxygen atoms in total. The minimum atomic E-state index is -0.0911. The smallest absolute Gasteiger partial charge is 0.185 e. The van der Waals surface area contributed by atoms with E-state index < -0.39 is 0 Å². The third kappa shape index (κ3) is 5.64. The van der Waals surface area contributed by atoms with Crippen LogP contribution in [0, 0.1) is 0 Å². The van der Waals surface area contributed by atoms with Crippen LogP contribution in [-0.2, 0) is 10.2 Å². The molecule has 1 aromatic carbocycles. The molecular formula is C23H28O3S. The van der Waals surface area contributed by atoms with Gasteiger partial charge in [-0.3, -0.25) is 4.79 Å². The van der Waals surface area contributed by atoms with Crippen LogP contribution in [0.5, 0.6) is 11.5 Å². The quantitative estimate of drug-likeness (QED) is 0.451. The minimum Gasteiger partial charge on any atom is -0.493 e. The van der Waals surface area contributed by atoms with E-state index in [1.165, 1.54) is 0 Å². The van der Waals surface area contributed by atoms with E-state index in [1.807, 2.05) is 38.1 Å². The van der Waals surface area contributed by atoms with Crippen LogP contribution in [0.4, 0.5) is 0 Å². The molecule has 0 aliphatic heterocycles. The predicted molar refractivity (Wildman–Crippen MR) is 116 cm³/mol. The lowest BCUT2D eigenvalue weighted by Gasteiger charge is -2.24. The molecule has 0 N–H and O–H groups in total. The Morgan fingerprint density at radius 1 is 1.11 bits per heavy atom. The number of benzene rings is 1. The Bertz CT molecular complexity index is 808. The lowest BCUT2D eigenvalue weighted by atomic mass is 9.85. The highest BCUT2D eigenvalue weighted by Gasteiger charge is 2.21. The lowest BCUT2D eigenvalue weighted by molar-refractivity contribution is -0.111. The van der Waals surface area contributed by atoms with Gasteiger partial charge in [0.15, 0.2) is 5.78 Å². The molecule has 0 saturated carbocycles. The fourth-order valence-electron chi connectivity index (χ4n) is 2.82. The standard InChI is InChI=1S/C23H28O3S/c1-6-25-21-15-22(26-7-2)19(23(3,4)5)14-17(21)10-13-20(24)16-8-11-18(27)12-9-16/h8-11,13-15H,6-7,12H2,1-5H3. The van der Waals surface area contributed by atoms with E-state index in [9.17, 15) is 4.79 Å². The first-order chi connectivity index (χ1) is 12.8. The van der Waals surface area contributed by atoms with E-state index in [4.69, 9.17) is 21.7 Å². The van der Waals surface area contributed by atoms with Crippen LogP contribution < -0.4 is 9.47 Å². The first-order valence-electron chi connectivity index (χ1n) is 9.33. The number of carbonyl (C=O) groups is 1. The number of rotatable bonds is 7. The van der Waals surface area contributed by atoms with E-state index in [2.05, 4.69) is 26.8 Å². The third-order valence-corrected chi connectivity index (χ3v) is 4.49. The van der Waals surface area contributed by atoms with Crippen LogP contribution in [0.25, 0.3) is 6.08 Å². The Hall–Kier alpha value is -2.20. The number of carbonyl (C=O) groups excluding carboxylic acids is 1. The summed E-state index contributed by atoms with van der Waals surface area (Å²) in [5.74, 6) is 1.50. The lowest BCUT2D eigenvalue weighted by Crippen LogP contribution is -2.14. The summed E-state index contributed by atoms with van der Waals surface area (Å²) in [6, 6.07) is 3.98. The fourth-order valence-corrected chi connectivity index (χ4v) is 2.97. The van der Waals surface area contributed by atoms with Crippen molar-refractivity contribution in [1.82, 2.24) is 0 Å². The maximum Gasteiger partial charge on any atom is 0.185 e. The highest BCUT2D eigenvalue weighted by Crippen LogP contribution is 2.37. The molecule has 1 aromatic rings. The van der Waals surface area contributed by atoms with Crippen LogP contribution in [0.2, 0.25) is 0 Å². The maximum atomic E-state index is 12.5. The van der Waals surface area contributed by atoms with Gasteiger partial charge in [-0.1, -0.05) is 45.1 Å². The van der Waals surface area contributed by atoms with Gasteiger partial charge in [-0.05, 0) is 43.6 Å². The molecule has 144 valence electrons. The number of thiocarbonyl (C=S) groups is 1. The monoisotopic (exact) mass is 384 g/mol. The van der Waals surface area contributed by atoms with Crippen molar-refractivity contribution in [1.29, 1.82) is 0 Å². The Kier molecular flexibility index (Phi) is 7.14. The largest absolute Gasteiger partial charge is 0.493 e. The summed E-state index contributed by atoms with van der Waals surface area (Å²) in [7, 11) is 0. The molecule has 0 unspecified atom stereocenters. The second-order valence-electron chi connectivity index (χ2n) is 7.36. The molecular weight excluding hydrogens is 356 g/mol. The average molecular weight is 385 g/mol. The second kappa shape index (κ2) is 9.14. The Morgan fingerprint density at radius 2 is 1.78 bits per heavy atom. The third-order valence-electron chi connectivity index (χ3n) is 4.19. The van der Waals surface area contributed by atoms with Crippen molar-refractivity contribution < 1.29 is 14.3 Å². The summed E-state index contributed by atoms with van der Waals surface area (Å²) in [6.45, 7) is 11.5. The van der Waals surface area contributed by atoms with Crippen LogP contribution in [0.1, 0.15) is 52.2 Å². The average Bonchev–Trinajstić information content (AvgIpc) is 2.61. The van der Waals surface area contributed by atoms with E-state index in [-0.39, 0.29) is 11.2 Å². The summed E-state index contributed by atoms with van der Waals surface area (Å²) in [5.41, 5.74) is 2.53. The zero-order valence-electron chi connectivity index (χ0n) is 16.8. The van der Waals surface area contributed by atoms with E-state index in [0.29, 0.717) is 31.0 Å². The van der Waals surface area contributed by atoms with Crippen LogP contribution in [0.15, 0.2) is 42.0 Å². The van der Waals surface area contributed by atoms with E-state index in [0.717, 1.165) is 21.7 Å². The number of allylic oxidation sites excluding steroid dienone is 5. The summed E-state index contributed by atoms with van der Waals surface area (Å²) >= 11 is 5.13. The highest BCUT2D eigenvalue weighted by atomic mass is 32.1. The van der Waals surface area contributed by atoms with Gasteiger partial charge in [-0.15, -0.1) is 0 Å². The van der Waals surface area contributed by atoms with Crippen molar-refractivity contribution in [3.8, 4) is 11.5 Å². The summed E-state index contributed by atoms with van der Waals surface area (Å²) in [6.07, 6.45) is 9.52. The second-order valence-corrected chi connectivity index (χ2v) is 7.89. The van der Waals surface area contributed by atoms with Gasteiger partial charge in [0.2, 0.25) is 0 Å². The Labute approximate surface area is 167 Å². The summed E-state index contributed by atoms with van der Waals surface area (Å²) in [5, 5.41) is 0. The first-order valence-corrected chi connectivity index (χ1v) is 9.74. The molecule has 0 saturated heterocycles. The normalized spacial score (nSPS) is 14.4. The highest BCUT2D eigenvalue weighted by molar-refractivity contribution is 7.80. The molecule has 1 aliphatic rings.